The second-order valence-electron chi connectivity index (χ2n) is 5.78. The molecule has 1 aromatic rings. The van der Waals surface area contributed by atoms with Crippen LogP contribution in [0.3, 0.4) is 0 Å². The Kier molecular flexibility index (Phi) is 5.83. The Morgan fingerprint density at radius 1 is 1.32 bits per heavy atom. The summed E-state index contributed by atoms with van der Waals surface area (Å²) in [7, 11) is 1.36. The van der Waals surface area contributed by atoms with Crippen molar-refractivity contribution in [3.8, 4) is 0 Å². The third-order valence-electron chi connectivity index (χ3n) is 4.09. The summed E-state index contributed by atoms with van der Waals surface area (Å²) in [6, 6.07) is 10.0. The van der Waals surface area contributed by atoms with Crippen LogP contribution in [0, 0.1) is 5.41 Å². The fourth-order valence-corrected chi connectivity index (χ4v) is 3.68. The fraction of sp³-hybridized carbons (Fsp3) is 0.444. The highest BCUT2D eigenvalue weighted by atomic mass is 32.2. The van der Waals surface area contributed by atoms with E-state index >= 15 is 0 Å². The third kappa shape index (κ3) is 3.80. The average molecular weight is 318 g/mol. The number of carbonyl (C=O) groups excluding carboxylic acids is 2. The fourth-order valence-electron chi connectivity index (χ4n) is 2.95. The zero-order valence-corrected chi connectivity index (χ0v) is 13.9. The van der Waals surface area contributed by atoms with Gasteiger partial charge in [-0.05, 0) is 43.7 Å². The summed E-state index contributed by atoms with van der Waals surface area (Å²) in [5.41, 5.74) is 0.0691. The summed E-state index contributed by atoms with van der Waals surface area (Å²) in [6.45, 7) is 1.97. The van der Waals surface area contributed by atoms with Gasteiger partial charge in [-0.3, -0.25) is 9.59 Å². The molecule has 1 atom stereocenters. The molecule has 0 bridgehead atoms. The van der Waals surface area contributed by atoms with Crippen LogP contribution < -0.4 is 0 Å². The number of carbonyl (C=O) groups is 2. The molecule has 1 fully saturated rings. The summed E-state index contributed by atoms with van der Waals surface area (Å²) in [5, 5.41) is 2.03. The molecule has 118 valence electrons. The van der Waals surface area contributed by atoms with E-state index in [1.165, 1.54) is 7.11 Å². The number of rotatable bonds is 5. The van der Waals surface area contributed by atoms with Crippen LogP contribution in [0.25, 0.3) is 0 Å². The Morgan fingerprint density at radius 2 is 2.05 bits per heavy atom. The van der Waals surface area contributed by atoms with Crippen LogP contribution in [0.15, 0.2) is 46.2 Å². The Labute approximate surface area is 136 Å². The maximum atomic E-state index is 12.4. The number of thioether (sulfide) groups is 1. The lowest BCUT2D eigenvalue weighted by Crippen LogP contribution is -2.42. The molecule has 1 aromatic carbocycles. The molecule has 0 spiro atoms. The minimum Gasteiger partial charge on any atom is -0.468 e. The highest BCUT2D eigenvalue weighted by Gasteiger charge is 2.47. The van der Waals surface area contributed by atoms with Crippen molar-refractivity contribution in [3.63, 3.8) is 0 Å². The summed E-state index contributed by atoms with van der Waals surface area (Å²) in [5.74, 6) is -0.349. The van der Waals surface area contributed by atoms with Gasteiger partial charge in [0.05, 0.1) is 7.11 Å². The van der Waals surface area contributed by atoms with E-state index in [2.05, 4.69) is 0 Å². The first-order chi connectivity index (χ1) is 10.6. The highest BCUT2D eigenvalue weighted by molar-refractivity contribution is 8.02. The molecule has 1 unspecified atom stereocenters. The van der Waals surface area contributed by atoms with Crippen molar-refractivity contribution in [2.75, 3.05) is 7.11 Å². The monoisotopic (exact) mass is 318 g/mol. The molecular formula is C18H22O3S. The number of esters is 1. The highest BCUT2D eigenvalue weighted by Crippen LogP contribution is 2.40. The van der Waals surface area contributed by atoms with Gasteiger partial charge >= 0.3 is 5.97 Å². The van der Waals surface area contributed by atoms with Crippen LogP contribution in [0.1, 0.15) is 39.0 Å². The number of allylic oxidation sites excluding steroid dienone is 1. The van der Waals surface area contributed by atoms with Crippen LogP contribution in [-0.4, -0.2) is 18.9 Å². The van der Waals surface area contributed by atoms with Crippen molar-refractivity contribution < 1.29 is 14.3 Å². The first-order valence-corrected chi connectivity index (χ1v) is 8.45. The van der Waals surface area contributed by atoms with Crippen molar-refractivity contribution in [3.05, 3.63) is 41.3 Å². The molecule has 1 aliphatic carbocycles. The van der Waals surface area contributed by atoms with Gasteiger partial charge in [-0.2, -0.15) is 0 Å². The van der Waals surface area contributed by atoms with E-state index < -0.39 is 5.41 Å². The van der Waals surface area contributed by atoms with Gasteiger partial charge in [-0.1, -0.05) is 42.0 Å². The van der Waals surface area contributed by atoms with Crippen LogP contribution >= 0.6 is 11.8 Å². The van der Waals surface area contributed by atoms with Gasteiger partial charge in [0.15, 0.2) is 5.78 Å². The number of benzene rings is 1. The molecule has 1 saturated carbocycles. The lowest BCUT2D eigenvalue weighted by molar-refractivity contribution is -0.160. The molecule has 0 heterocycles. The number of ether oxygens (including phenoxy) is 1. The van der Waals surface area contributed by atoms with E-state index in [9.17, 15) is 9.59 Å². The zero-order valence-electron chi connectivity index (χ0n) is 13.1. The van der Waals surface area contributed by atoms with E-state index in [4.69, 9.17) is 4.74 Å². The topological polar surface area (TPSA) is 43.4 Å². The number of methoxy groups -OCH3 is 1. The molecule has 22 heavy (non-hydrogen) atoms. The predicted molar refractivity (Wildman–Crippen MR) is 88.6 cm³/mol. The van der Waals surface area contributed by atoms with Crippen molar-refractivity contribution in [1.29, 1.82) is 0 Å². The van der Waals surface area contributed by atoms with Gasteiger partial charge < -0.3 is 4.74 Å². The number of hydrogen-bond acceptors (Lipinski definition) is 4. The van der Waals surface area contributed by atoms with Crippen LogP contribution in [0.4, 0.5) is 0 Å². The minimum absolute atomic E-state index is 0.0306. The molecule has 0 aliphatic heterocycles. The second-order valence-corrected chi connectivity index (χ2v) is 6.72. The van der Waals surface area contributed by atoms with Crippen molar-refractivity contribution in [2.45, 2.75) is 43.9 Å². The van der Waals surface area contributed by atoms with E-state index in [1.807, 2.05) is 42.7 Å². The lowest BCUT2D eigenvalue weighted by atomic mass is 9.69. The molecule has 4 heteroatoms. The molecule has 3 nitrogen and oxygen atoms in total. The van der Waals surface area contributed by atoms with Gasteiger partial charge in [-0.25, -0.2) is 0 Å². The quantitative estimate of drug-likeness (QED) is 0.459. The SMILES string of the molecule is COC(=O)C1(C/C(C)=C/Sc2ccccc2)CCCCC1=O. The minimum atomic E-state index is -0.967. The summed E-state index contributed by atoms with van der Waals surface area (Å²) in [6.07, 6.45) is 3.31. The first-order valence-electron chi connectivity index (χ1n) is 7.57. The number of hydrogen-bond donors (Lipinski definition) is 0. The standard InChI is InChI=1S/C18H22O3S/c1-14(13-22-15-8-4-3-5-9-15)12-18(17(20)21-2)11-7-6-10-16(18)19/h3-5,8-9,13H,6-7,10-12H2,1-2H3/b14-13+. The summed E-state index contributed by atoms with van der Waals surface area (Å²) >= 11 is 1.61. The lowest BCUT2D eigenvalue weighted by Gasteiger charge is -2.33. The van der Waals surface area contributed by atoms with Crippen molar-refractivity contribution in [1.82, 2.24) is 0 Å². The normalized spacial score (nSPS) is 22.5. The van der Waals surface area contributed by atoms with Crippen LogP contribution in [0.5, 0.6) is 0 Å². The third-order valence-corrected chi connectivity index (χ3v) is 5.15. The molecule has 0 saturated heterocycles. The Hall–Kier alpha value is -1.55. The van der Waals surface area contributed by atoms with Gasteiger partial charge in [-0.15, -0.1) is 0 Å². The first kappa shape index (κ1) is 16.8. The van der Waals surface area contributed by atoms with E-state index in [0.717, 1.165) is 23.3 Å². The zero-order chi connectivity index (χ0) is 16.0. The molecule has 1 aliphatic rings. The number of ketones is 1. The Balaban J connectivity index is 2.13. The molecule has 2 rings (SSSR count). The Bertz CT molecular complexity index is 555. The molecule has 0 aromatic heterocycles. The van der Waals surface area contributed by atoms with E-state index in [0.29, 0.717) is 19.3 Å². The molecule has 0 N–H and O–H groups in total. The maximum Gasteiger partial charge on any atom is 0.319 e. The smallest absolute Gasteiger partial charge is 0.319 e. The average Bonchev–Trinajstić information content (AvgIpc) is 2.55. The maximum absolute atomic E-state index is 12.4. The van der Waals surface area contributed by atoms with E-state index in [1.54, 1.807) is 11.8 Å². The largest absolute Gasteiger partial charge is 0.468 e. The Morgan fingerprint density at radius 3 is 2.68 bits per heavy atom. The van der Waals surface area contributed by atoms with Crippen molar-refractivity contribution in [2.24, 2.45) is 5.41 Å². The molecule has 0 amide bonds. The van der Waals surface area contributed by atoms with Crippen molar-refractivity contribution >= 4 is 23.5 Å². The van der Waals surface area contributed by atoms with Crippen LogP contribution in [-0.2, 0) is 14.3 Å². The summed E-state index contributed by atoms with van der Waals surface area (Å²) < 4.78 is 4.93. The molecule has 0 radical (unpaired) electrons. The number of Topliss-reactive ketones (excluding diaryl/α,β-unsaturated/α-hetero) is 1. The predicted octanol–water partition coefficient (Wildman–Crippen LogP) is 4.38. The van der Waals surface area contributed by atoms with Gasteiger partial charge in [0.25, 0.3) is 0 Å². The second kappa shape index (κ2) is 7.63. The molecular weight excluding hydrogens is 296 g/mol. The van der Waals surface area contributed by atoms with Gasteiger partial charge in [0.2, 0.25) is 0 Å². The van der Waals surface area contributed by atoms with Gasteiger partial charge in [0.1, 0.15) is 5.41 Å². The summed E-state index contributed by atoms with van der Waals surface area (Å²) in [4.78, 5) is 25.8. The van der Waals surface area contributed by atoms with Crippen LogP contribution in [0.2, 0.25) is 0 Å². The van der Waals surface area contributed by atoms with E-state index in [-0.39, 0.29) is 11.8 Å². The van der Waals surface area contributed by atoms with Gasteiger partial charge in [0, 0.05) is 11.3 Å².